The highest BCUT2D eigenvalue weighted by molar-refractivity contribution is 5.21. The second-order valence-electron chi connectivity index (χ2n) is 5.24. The van der Waals surface area contributed by atoms with Gasteiger partial charge in [-0.3, -0.25) is 0 Å². The van der Waals surface area contributed by atoms with E-state index in [0.29, 0.717) is 25.1 Å². The lowest BCUT2D eigenvalue weighted by atomic mass is 10.0. The molecule has 0 bridgehead atoms. The smallest absolute Gasteiger partial charge is 0.159 e. The minimum Gasteiger partial charge on any atom is -0.393 e. The van der Waals surface area contributed by atoms with Crippen molar-refractivity contribution >= 4 is 0 Å². The average molecular weight is 287 g/mol. The molecular formula is C15H23F2NO2. The summed E-state index contributed by atoms with van der Waals surface area (Å²) in [5.41, 5.74) is 0.629. The lowest BCUT2D eigenvalue weighted by molar-refractivity contribution is 0.111. The molecule has 2 unspecified atom stereocenters. The zero-order valence-electron chi connectivity index (χ0n) is 12.2. The fourth-order valence-electron chi connectivity index (χ4n) is 1.91. The summed E-state index contributed by atoms with van der Waals surface area (Å²) in [5.74, 6) is -1.53. The van der Waals surface area contributed by atoms with E-state index < -0.39 is 11.6 Å². The van der Waals surface area contributed by atoms with Gasteiger partial charge < -0.3 is 15.2 Å². The second kappa shape index (κ2) is 8.29. The van der Waals surface area contributed by atoms with Gasteiger partial charge in [0.1, 0.15) is 0 Å². The van der Waals surface area contributed by atoms with E-state index in [2.05, 4.69) is 5.32 Å². The highest BCUT2D eigenvalue weighted by Gasteiger charge is 2.15. The molecule has 114 valence electrons. The predicted octanol–water partition coefficient (Wildman–Crippen LogP) is 2.65. The van der Waals surface area contributed by atoms with Crippen LogP contribution in [0.25, 0.3) is 0 Å². The molecule has 0 aliphatic carbocycles. The maximum atomic E-state index is 13.3. The maximum Gasteiger partial charge on any atom is 0.159 e. The average Bonchev–Trinajstić information content (AvgIpc) is 2.40. The van der Waals surface area contributed by atoms with Gasteiger partial charge in [0.05, 0.1) is 18.8 Å². The summed E-state index contributed by atoms with van der Waals surface area (Å²) in [6, 6.07) is 3.59. The van der Waals surface area contributed by atoms with E-state index in [1.165, 1.54) is 12.1 Å². The van der Waals surface area contributed by atoms with Gasteiger partial charge in [-0.2, -0.15) is 0 Å². The number of aliphatic hydroxyl groups excluding tert-OH is 1. The van der Waals surface area contributed by atoms with Crippen LogP contribution in [0.1, 0.15) is 31.9 Å². The number of nitrogens with one attached hydrogen (secondary N) is 1. The Hall–Kier alpha value is -1.04. The Bertz CT molecular complexity index is 413. The summed E-state index contributed by atoms with van der Waals surface area (Å²) in [7, 11) is 1.55. The van der Waals surface area contributed by atoms with Crippen LogP contribution in [0.15, 0.2) is 18.2 Å². The van der Waals surface area contributed by atoms with E-state index in [4.69, 9.17) is 4.74 Å². The van der Waals surface area contributed by atoms with Gasteiger partial charge in [-0.25, -0.2) is 8.78 Å². The van der Waals surface area contributed by atoms with Gasteiger partial charge in [0, 0.05) is 7.11 Å². The molecular weight excluding hydrogens is 264 g/mol. The Morgan fingerprint density at radius 3 is 2.50 bits per heavy atom. The van der Waals surface area contributed by atoms with Gasteiger partial charge in [-0.05, 0) is 36.6 Å². The molecule has 2 N–H and O–H groups in total. The zero-order valence-corrected chi connectivity index (χ0v) is 12.2. The first-order valence-electron chi connectivity index (χ1n) is 6.81. The molecule has 0 aliphatic rings. The molecule has 1 rings (SSSR count). The number of halogens is 2. The summed E-state index contributed by atoms with van der Waals surface area (Å²) >= 11 is 0. The van der Waals surface area contributed by atoms with Gasteiger partial charge >= 0.3 is 0 Å². The summed E-state index contributed by atoms with van der Waals surface area (Å²) in [6.45, 7) is 4.83. The quantitative estimate of drug-likeness (QED) is 0.772. The van der Waals surface area contributed by atoms with Crippen LogP contribution in [-0.4, -0.2) is 31.5 Å². The molecule has 0 aromatic heterocycles. The van der Waals surface area contributed by atoms with E-state index in [9.17, 15) is 13.9 Å². The maximum absolute atomic E-state index is 13.3. The first-order valence-corrected chi connectivity index (χ1v) is 6.81. The Labute approximate surface area is 119 Å². The third-order valence-corrected chi connectivity index (χ3v) is 3.28. The van der Waals surface area contributed by atoms with Crippen molar-refractivity contribution in [2.24, 2.45) is 5.92 Å². The molecule has 0 saturated carbocycles. The van der Waals surface area contributed by atoms with Crippen molar-refractivity contribution in [2.45, 2.75) is 32.4 Å². The second-order valence-corrected chi connectivity index (χ2v) is 5.24. The number of aliphatic hydroxyl groups is 1. The van der Waals surface area contributed by atoms with Crippen molar-refractivity contribution < 1.29 is 18.6 Å². The van der Waals surface area contributed by atoms with Gasteiger partial charge in [-0.15, -0.1) is 0 Å². The number of hydrogen-bond donors (Lipinski definition) is 2. The number of hydrogen-bond acceptors (Lipinski definition) is 3. The monoisotopic (exact) mass is 287 g/mol. The molecule has 3 nitrogen and oxygen atoms in total. The van der Waals surface area contributed by atoms with Gasteiger partial charge in [-0.1, -0.05) is 19.9 Å². The highest BCUT2D eigenvalue weighted by Crippen LogP contribution is 2.17. The van der Waals surface area contributed by atoms with E-state index in [1.54, 1.807) is 7.11 Å². The Morgan fingerprint density at radius 2 is 1.95 bits per heavy atom. The first kappa shape index (κ1) is 17.0. The molecule has 1 aromatic carbocycles. The molecule has 0 fully saturated rings. The summed E-state index contributed by atoms with van der Waals surface area (Å²) in [4.78, 5) is 0. The number of rotatable bonds is 8. The lowest BCUT2D eigenvalue weighted by Gasteiger charge is -2.21. The highest BCUT2D eigenvalue weighted by atomic mass is 19.2. The number of benzene rings is 1. The van der Waals surface area contributed by atoms with Gasteiger partial charge in [0.2, 0.25) is 0 Å². The SMILES string of the molecule is COCC(NCCC(O)C(C)C)c1ccc(F)c(F)c1. The normalized spacial score (nSPS) is 14.6. The molecule has 1 aromatic rings. The molecule has 0 heterocycles. The topological polar surface area (TPSA) is 41.5 Å². The van der Waals surface area contributed by atoms with E-state index in [-0.39, 0.29) is 18.1 Å². The fraction of sp³-hybridized carbons (Fsp3) is 0.600. The minimum absolute atomic E-state index is 0.195. The van der Waals surface area contributed by atoms with Crippen LogP contribution in [0.2, 0.25) is 0 Å². The summed E-state index contributed by atoms with van der Waals surface area (Å²) in [5, 5.41) is 12.9. The molecule has 20 heavy (non-hydrogen) atoms. The van der Waals surface area contributed by atoms with Crippen molar-refractivity contribution in [1.82, 2.24) is 5.32 Å². The Morgan fingerprint density at radius 1 is 1.25 bits per heavy atom. The van der Waals surface area contributed by atoms with Crippen LogP contribution < -0.4 is 5.32 Å². The summed E-state index contributed by atoms with van der Waals surface area (Å²) in [6.07, 6.45) is 0.220. The van der Waals surface area contributed by atoms with Crippen molar-refractivity contribution in [3.63, 3.8) is 0 Å². The van der Waals surface area contributed by atoms with Crippen LogP contribution in [0, 0.1) is 17.6 Å². The lowest BCUT2D eigenvalue weighted by Crippen LogP contribution is -2.29. The van der Waals surface area contributed by atoms with Crippen LogP contribution in [0.4, 0.5) is 8.78 Å². The van der Waals surface area contributed by atoms with Gasteiger partial charge in [0.25, 0.3) is 0 Å². The van der Waals surface area contributed by atoms with Crippen LogP contribution >= 0.6 is 0 Å². The molecule has 2 atom stereocenters. The molecule has 0 amide bonds. The Balaban J connectivity index is 2.62. The number of methoxy groups -OCH3 is 1. The van der Waals surface area contributed by atoms with E-state index in [0.717, 1.165) is 6.07 Å². The molecule has 0 saturated heterocycles. The van der Waals surface area contributed by atoms with Crippen molar-refractivity contribution in [3.05, 3.63) is 35.4 Å². The zero-order chi connectivity index (χ0) is 15.1. The standard InChI is InChI=1S/C15H23F2NO2/c1-10(2)15(19)6-7-18-14(9-20-3)11-4-5-12(16)13(17)8-11/h4-5,8,10,14-15,18-19H,6-7,9H2,1-3H3. The largest absolute Gasteiger partial charge is 0.393 e. The fourth-order valence-corrected chi connectivity index (χ4v) is 1.91. The Kier molecular flexibility index (Phi) is 7.05. The van der Waals surface area contributed by atoms with E-state index in [1.807, 2.05) is 13.8 Å². The molecule has 0 spiro atoms. The van der Waals surface area contributed by atoms with E-state index >= 15 is 0 Å². The minimum atomic E-state index is -0.868. The molecule has 0 aliphatic heterocycles. The van der Waals surface area contributed by atoms with Crippen LogP contribution in [-0.2, 0) is 4.74 Å². The predicted molar refractivity (Wildman–Crippen MR) is 74.4 cm³/mol. The van der Waals surface area contributed by atoms with Crippen molar-refractivity contribution in [1.29, 1.82) is 0 Å². The first-order chi connectivity index (χ1) is 9.45. The van der Waals surface area contributed by atoms with Crippen molar-refractivity contribution in [2.75, 3.05) is 20.3 Å². The van der Waals surface area contributed by atoms with Gasteiger partial charge in [0.15, 0.2) is 11.6 Å². The number of ether oxygens (including phenoxy) is 1. The van der Waals surface area contributed by atoms with Crippen molar-refractivity contribution in [3.8, 4) is 0 Å². The molecule has 0 radical (unpaired) electrons. The third-order valence-electron chi connectivity index (χ3n) is 3.28. The van der Waals surface area contributed by atoms with Crippen LogP contribution in [0.5, 0.6) is 0 Å². The summed E-state index contributed by atoms with van der Waals surface area (Å²) < 4.78 is 31.3. The third kappa shape index (κ3) is 5.15. The molecule has 5 heteroatoms. The van der Waals surface area contributed by atoms with Crippen LogP contribution in [0.3, 0.4) is 0 Å².